The molecule has 0 bridgehead atoms. The lowest BCUT2D eigenvalue weighted by molar-refractivity contribution is -0.387. The van der Waals surface area contributed by atoms with Gasteiger partial charge in [-0.05, 0) is 37.1 Å². The van der Waals surface area contributed by atoms with Crippen molar-refractivity contribution in [2.24, 2.45) is 0 Å². The molecule has 1 aromatic rings. The van der Waals surface area contributed by atoms with Gasteiger partial charge in [0, 0.05) is 12.6 Å². The molecule has 1 atom stereocenters. The lowest BCUT2D eigenvalue weighted by atomic mass is 10.1. The number of hydrogen-bond acceptors (Lipinski definition) is 4. The minimum atomic E-state index is -0.817. The molecule has 0 aliphatic carbocycles. The molecule has 1 aliphatic rings. The van der Waals surface area contributed by atoms with Gasteiger partial charge in [0.25, 0.3) is 0 Å². The maximum atomic E-state index is 13.4. The van der Waals surface area contributed by atoms with Crippen molar-refractivity contribution in [3.63, 3.8) is 0 Å². The smallest absolute Gasteiger partial charge is 0.304 e. The van der Waals surface area contributed by atoms with E-state index in [2.05, 4.69) is 5.32 Å². The van der Waals surface area contributed by atoms with Crippen LogP contribution in [0.1, 0.15) is 18.4 Å². The Balaban J connectivity index is 1.93. The first-order chi connectivity index (χ1) is 8.66. The second-order valence-corrected chi connectivity index (χ2v) is 4.32. The monoisotopic (exact) mass is 254 g/mol. The van der Waals surface area contributed by atoms with Crippen LogP contribution in [0.25, 0.3) is 0 Å². The van der Waals surface area contributed by atoms with Gasteiger partial charge in [0.05, 0.1) is 17.6 Å². The normalized spacial score (nSPS) is 19.7. The Morgan fingerprint density at radius 1 is 1.56 bits per heavy atom. The summed E-state index contributed by atoms with van der Waals surface area (Å²) in [5.74, 6) is -0.817. The molecule has 1 aromatic carbocycles. The molecular formula is C12H15FN2O3. The Bertz CT molecular complexity index is 433. The zero-order chi connectivity index (χ0) is 13.0. The van der Waals surface area contributed by atoms with E-state index in [0.717, 1.165) is 32.0 Å². The quantitative estimate of drug-likeness (QED) is 0.659. The highest BCUT2D eigenvalue weighted by atomic mass is 19.1. The number of nitro benzene ring substituents is 1. The average molecular weight is 254 g/mol. The molecule has 5 nitrogen and oxygen atoms in total. The number of rotatable bonds is 4. The van der Waals surface area contributed by atoms with Crippen LogP contribution in [0, 0.1) is 15.9 Å². The number of nitro groups is 1. The third kappa shape index (κ3) is 3.24. The van der Waals surface area contributed by atoms with E-state index in [0.29, 0.717) is 5.56 Å². The van der Waals surface area contributed by atoms with Crippen molar-refractivity contribution < 1.29 is 14.1 Å². The van der Waals surface area contributed by atoms with Crippen LogP contribution in [0.2, 0.25) is 0 Å². The van der Waals surface area contributed by atoms with E-state index in [4.69, 9.17) is 4.74 Å². The Morgan fingerprint density at radius 3 is 3.00 bits per heavy atom. The van der Waals surface area contributed by atoms with E-state index in [1.807, 2.05) is 0 Å². The van der Waals surface area contributed by atoms with Crippen molar-refractivity contribution in [2.45, 2.75) is 25.6 Å². The molecule has 1 N–H and O–H groups in total. The first-order valence-electron chi connectivity index (χ1n) is 5.92. The highest BCUT2D eigenvalue weighted by molar-refractivity contribution is 5.34. The molecule has 1 unspecified atom stereocenters. The van der Waals surface area contributed by atoms with Gasteiger partial charge in [-0.3, -0.25) is 10.1 Å². The molecule has 1 aliphatic heterocycles. The summed E-state index contributed by atoms with van der Waals surface area (Å²) in [5, 5.41) is 13.7. The van der Waals surface area contributed by atoms with Gasteiger partial charge >= 0.3 is 5.69 Å². The standard InChI is InChI=1S/C12H15FN2O3/c13-11-6-9(3-4-12(11)15(16)17)8-18-10-2-1-5-14-7-10/h3-4,6,10,14H,1-2,5,7-8H2. The van der Waals surface area contributed by atoms with Gasteiger partial charge in [0.15, 0.2) is 0 Å². The van der Waals surface area contributed by atoms with E-state index in [-0.39, 0.29) is 12.7 Å². The summed E-state index contributed by atoms with van der Waals surface area (Å²) in [6.45, 7) is 2.09. The predicted molar refractivity (Wildman–Crippen MR) is 63.7 cm³/mol. The number of nitrogens with zero attached hydrogens (tertiary/aromatic N) is 1. The largest absolute Gasteiger partial charge is 0.372 e. The number of hydrogen-bond donors (Lipinski definition) is 1. The van der Waals surface area contributed by atoms with E-state index < -0.39 is 16.4 Å². The number of ether oxygens (including phenoxy) is 1. The highest BCUT2D eigenvalue weighted by Gasteiger charge is 2.16. The Morgan fingerprint density at radius 2 is 2.39 bits per heavy atom. The van der Waals surface area contributed by atoms with Crippen molar-refractivity contribution in [2.75, 3.05) is 13.1 Å². The van der Waals surface area contributed by atoms with Crippen molar-refractivity contribution in [1.82, 2.24) is 5.32 Å². The lowest BCUT2D eigenvalue weighted by Crippen LogP contribution is -2.35. The van der Waals surface area contributed by atoms with Crippen LogP contribution in [0.15, 0.2) is 18.2 Å². The topological polar surface area (TPSA) is 64.4 Å². The minimum absolute atomic E-state index is 0.136. The summed E-state index contributed by atoms with van der Waals surface area (Å²) in [5.41, 5.74) is 0.113. The second-order valence-electron chi connectivity index (χ2n) is 4.32. The fourth-order valence-electron chi connectivity index (χ4n) is 1.96. The summed E-state index contributed by atoms with van der Waals surface area (Å²) in [6.07, 6.45) is 2.19. The predicted octanol–water partition coefficient (Wildman–Crippen LogP) is 2.00. The molecule has 6 heteroatoms. The third-order valence-corrected chi connectivity index (χ3v) is 2.95. The second kappa shape index (κ2) is 5.88. The van der Waals surface area contributed by atoms with Gasteiger partial charge < -0.3 is 10.1 Å². The summed E-state index contributed by atoms with van der Waals surface area (Å²) in [4.78, 5) is 9.73. The van der Waals surface area contributed by atoms with Crippen LogP contribution in [0.4, 0.5) is 10.1 Å². The molecule has 18 heavy (non-hydrogen) atoms. The van der Waals surface area contributed by atoms with Gasteiger partial charge in [-0.25, -0.2) is 0 Å². The summed E-state index contributed by atoms with van der Waals surface area (Å²) in [7, 11) is 0. The fraction of sp³-hybridized carbons (Fsp3) is 0.500. The average Bonchev–Trinajstić information content (AvgIpc) is 2.37. The van der Waals surface area contributed by atoms with Crippen LogP contribution in [-0.4, -0.2) is 24.1 Å². The van der Waals surface area contributed by atoms with Gasteiger partial charge in [-0.15, -0.1) is 0 Å². The third-order valence-electron chi connectivity index (χ3n) is 2.95. The van der Waals surface area contributed by atoms with E-state index in [1.54, 1.807) is 0 Å². The molecule has 1 heterocycles. The maximum absolute atomic E-state index is 13.4. The van der Waals surface area contributed by atoms with E-state index in [9.17, 15) is 14.5 Å². The molecule has 2 rings (SSSR count). The highest BCUT2D eigenvalue weighted by Crippen LogP contribution is 2.19. The van der Waals surface area contributed by atoms with Gasteiger partial charge in [-0.1, -0.05) is 0 Å². The molecule has 0 spiro atoms. The molecule has 0 amide bonds. The number of halogens is 1. The number of nitrogens with one attached hydrogen (secondary N) is 1. The van der Waals surface area contributed by atoms with Gasteiger partial charge in [0.1, 0.15) is 0 Å². The minimum Gasteiger partial charge on any atom is -0.372 e. The van der Waals surface area contributed by atoms with Crippen molar-refractivity contribution in [3.8, 4) is 0 Å². The Hall–Kier alpha value is -1.53. The Labute approximate surface area is 104 Å². The summed E-state index contributed by atoms with van der Waals surface area (Å²) >= 11 is 0. The van der Waals surface area contributed by atoms with Crippen molar-refractivity contribution >= 4 is 5.69 Å². The maximum Gasteiger partial charge on any atom is 0.304 e. The van der Waals surface area contributed by atoms with Crippen LogP contribution in [-0.2, 0) is 11.3 Å². The van der Waals surface area contributed by atoms with Gasteiger partial charge in [-0.2, -0.15) is 4.39 Å². The first-order valence-corrected chi connectivity index (χ1v) is 5.92. The lowest BCUT2D eigenvalue weighted by Gasteiger charge is -2.23. The molecule has 1 saturated heterocycles. The molecular weight excluding hydrogens is 239 g/mol. The number of benzene rings is 1. The van der Waals surface area contributed by atoms with Crippen LogP contribution in [0.3, 0.4) is 0 Å². The summed E-state index contributed by atoms with van der Waals surface area (Å²) < 4.78 is 19.0. The van der Waals surface area contributed by atoms with E-state index >= 15 is 0 Å². The van der Waals surface area contributed by atoms with Crippen LogP contribution < -0.4 is 5.32 Å². The molecule has 0 radical (unpaired) electrons. The zero-order valence-corrected chi connectivity index (χ0v) is 9.89. The fourth-order valence-corrected chi connectivity index (χ4v) is 1.96. The molecule has 98 valence electrons. The molecule has 0 saturated carbocycles. The Kier molecular flexibility index (Phi) is 4.22. The number of piperidine rings is 1. The van der Waals surface area contributed by atoms with Crippen molar-refractivity contribution in [3.05, 3.63) is 39.7 Å². The van der Waals surface area contributed by atoms with Crippen LogP contribution >= 0.6 is 0 Å². The molecule has 0 aromatic heterocycles. The SMILES string of the molecule is O=[N+]([O-])c1ccc(COC2CCCNC2)cc1F. The summed E-state index contributed by atoms with van der Waals surface area (Å²) in [6, 6.07) is 3.86. The zero-order valence-electron chi connectivity index (χ0n) is 9.89. The molecule has 1 fully saturated rings. The first kappa shape index (κ1) is 12.9. The van der Waals surface area contributed by atoms with Crippen LogP contribution in [0.5, 0.6) is 0 Å². The van der Waals surface area contributed by atoms with E-state index in [1.165, 1.54) is 12.1 Å². The van der Waals surface area contributed by atoms with Gasteiger partial charge in [0.2, 0.25) is 5.82 Å². The van der Waals surface area contributed by atoms with Crippen molar-refractivity contribution in [1.29, 1.82) is 0 Å².